The quantitative estimate of drug-likeness (QED) is 0.781. The van der Waals surface area contributed by atoms with Gasteiger partial charge in [0.2, 0.25) is 0 Å². The molecule has 0 radical (unpaired) electrons. The predicted molar refractivity (Wildman–Crippen MR) is 67.2 cm³/mol. The summed E-state index contributed by atoms with van der Waals surface area (Å²) in [5, 5.41) is 3.34. The molecule has 1 saturated carbocycles. The fraction of sp³-hybridized carbons (Fsp3) is 0.583. The first kappa shape index (κ1) is 12.0. The number of hydrogen-bond acceptors (Lipinski definition) is 3. The predicted octanol–water partition coefficient (Wildman–Crippen LogP) is 2.36. The highest BCUT2D eigenvalue weighted by molar-refractivity contribution is 9.10. The van der Waals surface area contributed by atoms with Gasteiger partial charge in [0, 0.05) is 36.6 Å². The molecule has 1 N–H and O–H groups in total. The molecule has 0 amide bonds. The minimum Gasteiger partial charge on any atom is -0.380 e. The fourth-order valence-corrected chi connectivity index (χ4v) is 1.88. The van der Waals surface area contributed by atoms with Crippen LogP contribution in [-0.2, 0) is 11.3 Å². The minimum absolute atomic E-state index is 0.804. The van der Waals surface area contributed by atoms with Gasteiger partial charge in [0.05, 0.1) is 6.61 Å². The summed E-state index contributed by atoms with van der Waals surface area (Å²) in [4.78, 5) is 4.11. The number of hydrogen-bond donors (Lipinski definition) is 1. The zero-order valence-electron chi connectivity index (χ0n) is 9.29. The molecule has 1 aliphatic rings. The van der Waals surface area contributed by atoms with E-state index in [0.717, 1.165) is 36.7 Å². The Morgan fingerprint density at radius 3 is 3.06 bits per heavy atom. The Morgan fingerprint density at radius 2 is 2.31 bits per heavy atom. The van der Waals surface area contributed by atoms with Gasteiger partial charge in [-0.25, -0.2) is 0 Å². The van der Waals surface area contributed by atoms with Crippen LogP contribution in [0.25, 0.3) is 0 Å². The third kappa shape index (κ3) is 4.60. The summed E-state index contributed by atoms with van der Waals surface area (Å²) in [7, 11) is 0. The van der Waals surface area contributed by atoms with Crippen molar-refractivity contribution in [2.45, 2.75) is 19.4 Å². The van der Waals surface area contributed by atoms with Gasteiger partial charge in [-0.2, -0.15) is 0 Å². The van der Waals surface area contributed by atoms with E-state index in [4.69, 9.17) is 4.74 Å². The molecule has 1 aromatic rings. The first-order valence-electron chi connectivity index (χ1n) is 5.72. The molecule has 0 spiro atoms. The highest BCUT2D eigenvalue weighted by Gasteiger charge is 2.20. The second-order valence-electron chi connectivity index (χ2n) is 4.21. The molecule has 4 heteroatoms. The average molecular weight is 285 g/mol. The Bertz CT molecular complexity index is 329. The van der Waals surface area contributed by atoms with Crippen molar-refractivity contribution in [3.05, 3.63) is 28.5 Å². The van der Waals surface area contributed by atoms with E-state index in [-0.39, 0.29) is 0 Å². The lowest BCUT2D eigenvalue weighted by atomic mass is 10.3. The summed E-state index contributed by atoms with van der Waals surface area (Å²) in [6.45, 7) is 3.50. The van der Waals surface area contributed by atoms with Gasteiger partial charge in [0.15, 0.2) is 0 Å². The molecule has 0 unspecified atom stereocenters. The van der Waals surface area contributed by atoms with Gasteiger partial charge < -0.3 is 10.1 Å². The second kappa shape index (κ2) is 6.33. The van der Waals surface area contributed by atoms with E-state index in [1.807, 2.05) is 6.20 Å². The van der Waals surface area contributed by atoms with Crippen LogP contribution in [0, 0.1) is 5.92 Å². The average Bonchev–Trinajstić information content (AvgIpc) is 3.07. The maximum Gasteiger partial charge on any atom is 0.0591 e. The van der Waals surface area contributed by atoms with Crippen LogP contribution in [0.3, 0.4) is 0 Å². The molecule has 1 aliphatic carbocycles. The van der Waals surface area contributed by atoms with E-state index in [2.05, 4.69) is 32.3 Å². The number of nitrogens with zero attached hydrogens (tertiary/aromatic N) is 1. The van der Waals surface area contributed by atoms with Crippen molar-refractivity contribution in [3.8, 4) is 0 Å². The number of aromatic nitrogens is 1. The van der Waals surface area contributed by atoms with Crippen LogP contribution in [0.15, 0.2) is 22.9 Å². The summed E-state index contributed by atoms with van der Waals surface area (Å²) < 4.78 is 6.56. The van der Waals surface area contributed by atoms with Gasteiger partial charge in [-0.05, 0) is 46.3 Å². The van der Waals surface area contributed by atoms with Crippen LogP contribution in [0.4, 0.5) is 0 Å². The van der Waals surface area contributed by atoms with Crippen molar-refractivity contribution in [1.29, 1.82) is 0 Å². The van der Waals surface area contributed by atoms with Crippen molar-refractivity contribution in [1.82, 2.24) is 10.3 Å². The monoisotopic (exact) mass is 284 g/mol. The fourth-order valence-electron chi connectivity index (χ4n) is 1.46. The number of rotatable bonds is 7. The summed E-state index contributed by atoms with van der Waals surface area (Å²) in [6.07, 6.45) is 6.39. The van der Waals surface area contributed by atoms with E-state index < -0.39 is 0 Å². The van der Waals surface area contributed by atoms with Gasteiger partial charge in [0.1, 0.15) is 0 Å². The molecular formula is C12H17BrN2O. The maximum atomic E-state index is 5.53. The normalized spacial score (nSPS) is 15.3. The SMILES string of the molecule is Brc1cncc(CNCCOCC2CC2)c1. The molecule has 2 rings (SSSR count). The van der Waals surface area contributed by atoms with Crippen molar-refractivity contribution in [3.63, 3.8) is 0 Å². The van der Waals surface area contributed by atoms with Crippen LogP contribution in [0.2, 0.25) is 0 Å². The largest absolute Gasteiger partial charge is 0.380 e. The number of halogens is 1. The van der Waals surface area contributed by atoms with Crippen molar-refractivity contribution < 1.29 is 4.74 Å². The number of ether oxygens (including phenoxy) is 1. The number of pyridine rings is 1. The molecule has 1 heterocycles. The highest BCUT2D eigenvalue weighted by Crippen LogP contribution is 2.28. The molecule has 3 nitrogen and oxygen atoms in total. The Kier molecular flexibility index (Phi) is 4.75. The summed E-state index contributed by atoms with van der Waals surface area (Å²) >= 11 is 3.40. The molecular weight excluding hydrogens is 268 g/mol. The Balaban J connectivity index is 1.53. The molecule has 0 aliphatic heterocycles. The minimum atomic E-state index is 0.804. The Hall–Kier alpha value is -0.450. The Morgan fingerprint density at radius 1 is 1.44 bits per heavy atom. The molecule has 16 heavy (non-hydrogen) atoms. The molecule has 0 bridgehead atoms. The van der Waals surface area contributed by atoms with Crippen LogP contribution in [0.1, 0.15) is 18.4 Å². The molecule has 1 fully saturated rings. The zero-order chi connectivity index (χ0) is 11.2. The van der Waals surface area contributed by atoms with Crippen molar-refractivity contribution >= 4 is 15.9 Å². The standard InChI is InChI=1S/C12H17BrN2O/c13-12-5-11(7-15-8-12)6-14-3-4-16-9-10-1-2-10/h5,7-8,10,14H,1-4,6,9H2. The van der Waals surface area contributed by atoms with E-state index in [1.54, 1.807) is 6.20 Å². The van der Waals surface area contributed by atoms with Gasteiger partial charge in [-0.1, -0.05) is 0 Å². The van der Waals surface area contributed by atoms with Gasteiger partial charge in [-0.15, -0.1) is 0 Å². The number of nitrogens with one attached hydrogen (secondary N) is 1. The topological polar surface area (TPSA) is 34.2 Å². The summed E-state index contributed by atoms with van der Waals surface area (Å²) in [5.74, 6) is 0.856. The van der Waals surface area contributed by atoms with E-state index >= 15 is 0 Å². The lowest BCUT2D eigenvalue weighted by Crippen LogP contribution is -2.19. The summed E-state index contributed by atoms with van der Waals surface area (Å²) in [5.41, 5.74) is 1.19. The van der Waals surface area contributed by atoms with Gasteiger partial charge in [-0.3, -0.25) is 4.98 Å². The maximum absolute atomic E-state index is 5.53. The first-order chi connectivity index (χ1) is 7.84. The van der Waals surface area contributed by atoms with Crippen LogP contribution in [-0.4, -0.2) is 24.7 Å². The van der Waals surface area contributed by atoms with E-state index in [1.165, 1.54) is 18.4 Å². The van der Waals surface area contributed by atoms with E-state index in [0.29, 0.717) is 0 Å². The smallest absolute Gasteiger partial charge is 0.0591 e. The third-order valence-corrected chi connectivity index (χ3v) is 3.00. The van der Waals surface area contributed by atoms with Gasteiger partial charge in [0.25, 0.3) is 0 Å². The lowest BCUT2D eigenvalue weighted by molar-refractivity contribution is 0.126. The lowest BCUT2D eigenvalue weighted by Gasteiger charge is -2.05. The van der Waals surface area contributed by atoms with E-state index in [9.17, 15) is 0 Å². The van der Waals surface area contributed by atoms with Crippen molar-refractivity contribution in [2.75, 3.05) is 19.8 Å². The molecule has 0 atom stereocenters. The van der Waals surface area contributed by atoms with Crippen molar-refractivity contribution in [2.24, 2.45) is 5.92 Å². The third-order valence-electron chi connectivity index (χ3n) is 2.56. The van der Waals surface area contributed by atoms with Crippen LogP contribution < -0.4 is 5.32 Å². The molecule has 0 aromatic carbocycles. The van der Waals surface area contributed by atoms with Crippen LogP contribution >= 0.6 is 15.9 Å². The Labute approximate surface area is 105 Å². The van der Waals surface area contributed by atoms with Gasteiger partial charge >= 0.3 is 0 Å². The summed E-state index contributed by atoms with van der Waals surface area (Å²) in [6, 6.07) is 2.07. The van der Waals surface area contributed by atoms with Crippen LogP contribution in [0.5, 0.6) is 0 Å². The molecule has 1 aromatic heterocycles. The first-order valence-corrected chi connectivity index (χ1v) is 6.52. The zero-order valence-corrected chi connectivity index (χ0v) is 10.9. The highest BCUT2D eigenvalue weighted by atomic mass is 79.9. The molecule has 0 saturated heterocycles. The molecule has 88 valence electrons. The second-order valence-corrected chi connectivity index (χ2v) is 5.12.